The van der Waals surface area contributed by atoms with Gasteiger partial charge in [-0.3, -0.25) is 9.59 Å². The van der Waals surface area contributed by atoms with E-state index in [1.807, 2.05) is 0 Å². The molecule has 1 heterocycles. The summed E-state index contributed by atoms with van der Waals surface area (Å²) in [6.07, 6.45) is 0.879. The summed E-state index contributed by atoms with van der Waals surface area (Å²) < 4.78 is 4.78. The summed E-state index contributed by atoms with van der Waals surface area (Å²) >= 11 is 0. The molecular formula is C11H20N2O4. The van der Waals surface area contributed by atoms with Gasteiger partial charge < -0.3 is 19.6 Å². The van der Waals surface area contributed by atoms with Crippen molar-refractivity contribution in [3.63, 3.8) is 0 Å². The van der Waals surface area contributed by atoms with Gasteiger partial charge in [-0.15, -0.1) is 0 Å². The molecule has 6 heteroatoms. The summed E-state index contributed by atoms with van der Waals surface area (Å²) in [4.78, 5) is 26.6. The number of carbonyl (C=O) groups excluding carboxylic acids is 2. The first-order valence-electron chi connectivity index (χ1n) is 5.84. The van der Waals surface area contributed by atoms with Crippen LogP contribution >= 0.6 is 0 Å². The van der Waals surface area contributed by atoms with E-state index in [9.17, 15) is 9.59 Å². The fourth-order valence-electron chi connectivity index (χ4n) is 1.81. The van der Waals surface area contributed by atoms with Crippen molar-refractivity contribution in [1.29, 1.82) is 0 Å². The predicted octanol–water partition coefficient (Wildman–Crippen LogP) is -0.924. The number of methoxy groups -OCH3 is 1. The average molecular weight is 244 g/mol. The molecule has 2 amide bonds. The first-order chi connectivity index (χ1) is 8.19. The fraction of sp³-hybridized carbons (Fsp3) is 0.818. The maximum atomic E-state index is 11.6. The summed E-state index contributed by atoms with van der Waals surface area (Å²) in [5.41, 5.74) is 0. The van der Waals surface area contributed by atoms with Crippen molar-refractivity contribution in [1.82, 2.24) is 9.80 Å². The molecule has 0 aromatic heterocycles. The number of aliphatic hydroxyl groups is 1. The Hall–Kier alpha value is -1.14. The standard InChI is InChI=1S/C11H20N2O4/c1-17-9-11(16)13-6-4-12(5-7-13)10(15)3-2-8-14/h14H,2-9H2,1H3. The number of ether oxygens (including phenoxy) is 1. The SMILES string of the molecule is COCC(=O)N1CCN(C(=O)CCCO)CC1. The zero-order chi connectivity index (χ0) is 12.7. The number of hydrogen-bond donors (Lipinski definition) is 1. The van der Waals surface area contributed by atoms with Crippen LogP contribution in [0.4, 0.5) is 0 Å². The van der Waals surface area contributed by atoms with E-state index in [0.29, 0.717) is 39.0 Å². The second-order valence-corrected chi connectivity index (χ2v) is 4.02. The molecule has 0 spiro atoms. The lowest BCUT2D eigenvalue weighted by atomic mass is 10.2. The second kappa shape index (κ2) is 7.24. The van der Waals surface area contributed by atoms with Gasteiger partial charge in [0.25, 0.3) is 0 Å². The molecular weight excluding hydrogens is 224 g/mol. The number of carbonyl (C=O) groups is 2. The molecule has 1 rings (SSSR count). The molecule has 1 aliphatic rings. The highest BCUT2D eigenvalue weighted by Crippen LogP contribution is 2.05. The van der Waals surface area contributed by atoms with Crippen LogP contribution in [0.25, 0.3) is 0 Å². The van der Waals surface area contributed by atoms with Crippen LogP contribution in [0.3, 0.4) is 0 Å². The van der Waals surface area contributed by atoms with Crippen LogP contribution in [0.1, 0.15) is 12.8 Å². The van der Waals surface area contributed by atoms with Gasteiger partial charge in [0.15, 0.2) is 0 Å². The van der Waals surface area contributed by atoms with E-state index < -0.39 is 0 Å². The van der Waals surface area contributed by atoms with Gasteiger partial charge in [0.2, 0.25) is 11.8 Å². The van der Waals surface area contributed by atoms with Gasteiger partial charge >= 0.3 is 0 Å². The maximum Gasteiger partial charge on any atom is 0.248 e. The Kier molecular flexibility index (Phi) is 5.93. The third kappa shape index (κ3) is 4.32. The van der Waals surface area contributed by atoms with Crippen molar-refractivity contribution in [2.24, 2.45) is 0 Å². The van der Waals surface area contributed by atoms with Gasteiger partial charge in [0, 0.05) is 46.3 Å². The lowest BCUT2D eigenvalue weighted by Gasteiger charge is -2.34. The second-order valence-electron chi connectivity index (χ2n) is 4.02. The van der Waals surface area contributed by atoms with Gasteiger partial charge in [-0.2, -0.15) is 0 Å². The molecule has 1 aliphatic heterocycles. The van der Waals surface area contributed by atoms with Crippen molar-refractivity contribution >= 4 is 11.8 Å². The van der Waals surface area contributed by atoms with Crippen LogP contribution in [-0.2, 0) is 14.3 Å². The fourth-order valence-corrected chi connectivity index (χ4v) is 1.81. The lowest BCUT2D eigenvalue weighted by molar-refractivity contribution is -0.141. The quantitative estimate of drug-likeness (QED) is 0.679. The largest absolute Gasteiger partial charge is 0.396 e. The minimum absolute atomic E-state index is 0.0324. The average Bonchev–Trinajstić information content (AvgIpc) is 2.36. The molecule has 0 radical (unpaired) electrons. The van der Waals surface area contributed by atoms with Crippen LogP contribution in [0.5, 0.6) is 0 Å². The Morgan fingerprint density at radius 1 is 1.12 bits per heavy atom. The Bertz CT molecular complexity index is 262. The molecule has 0 aromatic carbocycles. The van der Waals surface area contributed by atoms with Gasteiger partial charge in [0.1, 0.15) is 6.61 Å². The van der Waals surface area contributed by atoms with E-state index in [4.69, 9.17) is 9.84 Å². The molecule has 98 valence electrons. The third-order valence-electron chi connectivity index (χ3n) is 2.80. The summed E-state index contributed by atoms with van der Waals surface area (Å²) in [5.74, 6) is 0.0212. The van der Waals surface area contributed by atoms with Crippen LogP contribution in [0.15, 0.2) is 0 Å². The van der Waals surface area contributed by atoms with E-state index in [2.05, 4.69) is 0 Å². The van der Waals surface area contributed by atoms with E-state index in [-0.39, 0.29) is 25.0 Å². The third-order valence-corrected chi connectivity index (χ3v) is 2.80. The summed E-state index contributed by atoms with van der Waals surface area (Å²) in [6.45, 7) is 2.40. The van der Waals surface area contributed by atoms with E-state index in [1.54, 1.807) is 9.80 Å². The zero-order valence-corrected chi connectivity index (χ0v) is 10.2. The Labute approximate surface area is 101 Å². The van der Waals surface area contributed by atoms with Crippen LogP contribution < -0.4 is 0 Å². The molecule has 1 saturated heterocycles. The molecule has 0 saturated carbocycles. The van der Waals surface area contributed by atoms with Crippen LogP contribution in [0.2, 0.25) is 0 Å². The van der Waals surface area contributed by atoms with Crippen molar-refractivity contribution in [2.45, 2.75) is 12.8 Å². The van der Waals surface area contributed by atoms with E-state index in [1.165, 1.54) is 7.11 Å². The molecule has 0 aromatic rings. The number of aliphatic hydroxyl groups excluding tert-OH is 1. The molecule has 1 fully saturated rings. The monoisotopic (exact) mass is 244 g/mol. The molecule has 0 atom stereocenters. The topological polar surface area (TPSA) is 70.1 Å². The highest BCUT2D eigenvalue weighted by atomic mass is 16.5. The minimum atomic E-state index is -0.0324. The molecule has 17 heavy (non-hydrogen) atoms. The van der Waals surface area contributed by atoms with Gasteiger partial charge in [-0.1, -0.05) is 0 Å². The number of piperazine rings is 1. The summed E-state index contributed by atoms with van der Waals surface area (Å²) in [5, 5.41) is 8.65. The first-order valence-corrected chi connectivity index (χ1v) is 5.84. The Balaban J connectivity index is 2.30. The number of nitrogens with zero attached hydrogens (tertiary/aromatic N) is 2. The number of hydrogen-bond acceptors (Lipinski definition) is 4. The van der Waals surface area contributed by atoms with E-state index >= 15 is 0 Å². The number of amides is 2. The lowest BCUT2D eigenvalue weighted by Crippen LogP contribution is -2.51. The molecule has 1 N–H and O–H groups in total. The molecule has 0 unspecified atom stereocenters. The molecule has 0 aliphatic carbocycles. The number of rotatable bonds is 5. The van der Waals surface area contributed by atoms with Crippen molar-refractivity contribution < 1.29 is 19.4 Å². The predicted molar refractivity (Wildman–Crippen MR) is 61.4 cm³/mol. The molecule has 0 bridgehead atoms. The maximum absolute atomic E-state index is 11.6. The summed E-state index contributed by atoms with van der Waals surface area (Å²) in [7, 11) is 1.49. The van der Waals surface area contributed by atoms with Crippen molar-refractivity contribution in [3.05, 3.63) is 0 Å². The van der Waals surface area contributed by atoms with Crippen LogP contribution in [0, 0.1) is 0 Å². The molecule has 6 nitrogen and oxygen atoms in total. The Morgan fingerprint density at radius 2 is 1.65 bits per heavy atom. The van der Waals surface area contributed by atoms with E-state index in [0.717, 1.165) is 0 Å². The van der Waals surface area contributed by atoms with Crippen LogP contribution in [-0.4, -0.2) is 73.2 Å². The van der Waals surface area contributed by atoms with Gasteiger partial charge in [-0.05, 0) is 6.42 Å². The van der Waals surface area contributed by atoms with Crippen molar-refractivity contribution in [3.8, 4) is 0 Å². The van der Waals surface area contributed by atoms with Gasteiger partial charge in [-0.25, -0.2) is 0 Å². The smallest absolute Gasteiger partial charge is 0.248 e. The highest BCUT2D eigenvalue weighted by molar-refractivity contribution is 5.79. The zero-order valence-electron chi connectivity index (χ0n) is 10.2. The first kappa shape index (κ1) is 13.9. The Morgan fingerprint density at radius 3 is 2.12 bits per heavy atom. The summed E-state index contributed by atoms with van der Waals surface area (Å²) in [6, 6.07) is 0. The minimum Gasteiger partial charge on any atom is -0.396 e. The van der Waals surface area contributed by atoms with Crippen molar-refractivity contribution in [2.75, 3.05) is 46.5 Å². The van der Waals surface area contributed by atoms with Gasteiger partial charge in [0.05, 0.1) is 0 Å². The highest BCUT2D eigenvalue weighted by Gasteiger charge is 2.23. The normalized spacial score (nSPS) is 16.1.